The molecular weight excluding hydrogens is 793 g/mol. The molecule has 0 spiro atoms. The van der Waals surface area contributed by atoms with E-state index in [1.54, 1.807) is 32.3 Å². The predicted octanol–water partition coefficient (Wildman–Crippen LogP) is 6.58. The van der Waals surface area contributed by atoms with Crippen molar-refractivity contribution in [1.82, 2.24) is 9.88 Å². The normalized spacial score (nSPS) is 28.9. The lowest BCUT2D eigenvalue weighted by atomic mass is 9.82. The van der Waals surface area contributed by atoms with Gasteiger partial charge in [0.2, 0.25) is 10.9 Å². The number of phenols is 1. The first-order valence-corrected chi connectivity index (χ1v) is 21.5. The van der Waals surface area contributed by atoms with Crippen molar-refractivity contribution in [2.45, 2.75) is 98.2 Å². The summed E-state index contributed by atoms with van der Waals surface area (Å²) in [5, 5.41) is 37.8. The fraction of sp³-hybridized carbons (Fsp3) is 0.500. The van der Waals surface area contributed by atoms with Crippen LogP contribution >= 0.6 is 0 Å². The molecule has 3 aliphatic heterocycles. The van der Waals surface area contributed by atoms with Gasteiger partial charge in [-0.1, -0.05) is 45.9 Å². The van der Waals surface area contributed by atoms with Gasteiger partial charge in [-0.2, -0.15) is 0 Å². The van der Waals surface area contributed by atoms with Crippen molar-refractivity contribution < 1.29 is 38.7 Å². The van der Waals surface area contributed by atoms with Crippen LogP contribution in [0.2, 0.25) is 0 Å². The van der Waals surface area contributed by atoms with E-state index in [0.717, 1.165) is 25.7 Å². The number of hydrogen-bond acceptors (Lipinski definition) is 13. The standard InChI is InChI=1S/C48H60N4O10/c1-24-12-11-13-26(3)47(58)50-40-43(56)36-35(39-45(40)61-34-23-31(22-32(53)38(34)49-39)52-17-14-30(15-18-52)51(8)9)37-44(29(6)42(36)55)62-48(7,46(37)57)60-19-16-33(59-10)28(5)41(54)27(4)21-25(2)20-24/h11-13,16,19,22-25,27-28,30,33,41,54-55,57H,14-15,17-18,20-21H2,1-10H3,(H,50,58)/b12-11+,19-16+,26-13-/t24-,25+,27+,28+,33-,41-,48-/m0/s1. The molecule has 4 aromatic rings. The van der Waals surface area contributed by atoms with Gasteiger partial charge in [-0.15, -0.1) is 0 Å². The SMILES string of the molecule is CO[C@H]1/C=C/O[C@@]2(C)Oc3c(C)c(O)c4c(=O)c(c5oc6cc(N7CCC(N(C)C)CC7)cc(=O)c6nc5c4c3=C2O)NC(=O)/C(C)=C\C=C\[C@H](C)C[C@@H](C)C[C@@H](C)[C@H](O)[C@@H]1C. The van der Waals surface area contributed by atoms with Crippen LogP contribution in [0.3, 0.4) is 0 Å². The number of nitrogens with zero attached hydrogens (tertiary/aromatic N) is 3. The maximum Gasteiger partial charge on any atom is 0.307 e. The molecule has 7 atom stereocenters. The first kappa shape index (κ1) is 44.6. The Morgan fingerprint density at radius 3 is 2.37 bits per heavy atom. The van der Waals surface area contributed by atoms with Gasteiger partial charge in [0.25, 0.3) is 5.91 Å². The minimum Gasteiger partial charge on any atom is -0.507 e. The largest absolute Gasteiger partial charge is 0.507 e. The van der Waals surface area contributed by atoms with Gasteiger partial charge in [0, 0.05) is 73.4 Å². The molecule has 1 amide bonds. The quantitative estimate of drug-likeness (QED) is 0.128. The maximum absolute atomic E-state index is 14.8. The number of amides is 1. The number of aliphatic hydroxyl groups is 2. The summed E-state index contributed by atoms with van der Waals surface area (Å²) in [5.74, 6) is -3.32. The van der Waals surface area contributed by atoms with Crippen LogP contribution in [0, 0.1) is 30.6 Å². The molecule has 0 radical (unpaired) electrons. The van der Waals surface area contributed by atoms with E-state index in [1.165, 1.54) is 26.2 Å². The fourth-order valence-electron chi connectivity index (χ4n) is 9.47. The van der Waals surface area contributed by atoms with Crippen molar-refractivity contribution in [3.63, 3.8) is 0 Å². The number of ether oxygens (including phenoxy) is 3. The number of phenolic OH excluding ortho intramolecular Hbond substituents is 1. The Morgan fingerprint density at radius 2 is 1.69 bits per heavy atom. The number of anilines is 2. The number of allylic oxidation sites excluding steroid dienone is 3. The molecule has 0 unspecified atom stereocenters. The second-order valence-corrected chi connectivity index (χ2v) is 18.1. The van der Waals surface area contributed by atoms with Crippen LogP contribution in [0.15, 0.2) is 62.3 Å². The monoisotopic (exact) mass is 852 g/mol. The van der Waals surface area contributed by atoms with Gasteiger partial charge in [0.15, 0.2) is 22.4 Å². The number of rotatable bonds is 3. The van der Waals surface area contributed by atoms with Crippen molar-refractivity contribution in [2.75, 3.05) is 44.5 Å². The third-order valence-electron chi connectivity index (χ3n) is 13.2. The molecule has 4 bridgehead atoms. The Morgan fingerprint density at radius 1 is 0.984 bits per heavy atom. The molecule has 0 saturated carbocycles. The van der Waals surface area contributed by atoms with Crippen molar-refractivity contribution in [3.8, 4) is 11.5 Å². The van der Waals surface area contributed by atoms with Crippen LogP contribution in [-0.4, -0.2) is 89.4 Å². The molecule has 3 aliphatic rings. The molecule has 0 aliphatic carbocycles. The number of aliphatic hydroxyl groups excluding tert-OH is 2. The van der Waals surface area contributed by atoms with Crippen LogP contribution in [0.4, 0.5) is 11.4 Å². The zero-order valence-electron chi connectivity index (χ0n) is 37.4. The number of methoxy groups -OCH3 is 1. The highest BCUT2D eigenvalue weighted by Gasteiger charge is 2.43. The summed E-state index contributed by atoms with van der Waals surface area (Å²) >= 11 is 0. The smallest absolute Gasteiger partial charge is 0.307 e. The third kappa shape index (κ3) is 8.15. The summed E-state index contributed by atoms with van der Waals surface area (Å²) in [4.78, 5) is 51.8. The van der Waals surface area contributed by atoms with Crippen LogP contribution in [-0.2, 0) is 14.3 Å². The number of carbonyl (C=O) groups excluding carboxylic acids is 1. The fourth-order valence-corrected chi connectivity index (χ4v) is 9.47. The number of carbonyl (C=O) groups is 1. The zero-order chi connectivity index (χ0) is 44.9. The summed E-state index contributed by atoms with van der Waals surface area (Å²) in [5.41, 5.74) is -0.685. The predicted molar refractivity (Wildman–Crippen MR) is 242 cm³/mol. The molecule has 14 nitrogen and oxygen atoms in total. The molecule has 14 heteroatoms. The van der Waals surface area contributed by atoms with Gasteiger partial charge in [0.1, 0.15) is 22.7 Å². The van der Waals surface area contributed by atoms with Gasteiger partial charge >= 0.3 is 5.79 Å². The summed E-state index contributed by atoms with van der Waals surface area (Å²) in [6, 6.07) is 3.63. The molecule has 1 saturated heterocycles. The van der Waals surface area contributed by atoms with Crippen molar-refractivity contribution in [2.24, 2.45) is 23.7 Å². The number of aromatic hydroxyl groups is 1. The lowest BCUT2D eigenvalue weighted by Crippen LogP contribution is -2.42. The summed E-state index contributed by atoms with van der Waals surface area (Å²) in [6.45, 7) is 14.2. The number of hydrogen-bond donors (Lipinski definition) is 4. The Kier molecular flexibility index (Phi) is 12.5. The van der Waals surface area contributed by atoms with E-state index in [0.29, 0.717) is 24.8 Å². The van der Waals surface area contributed by atoms with Crippen LogP contribution in [0.5, 0.6) is 11.5 Å². The van der Waals surface area contributed by atoms with Crippen molar-refractivity contribution in [1.29, 1.82) is 0 Å². The maximum atomic E-state index is 14.8. The summed E-state index contributed by atoms with van der Waals surface area (Å²) in [7, 11) is 5.66. The topological polar surface area (TPSA) is 184 Å². The Labute approximate surface area is 361 Å². The van der Waals surface area contributed by atoms with Gasteiger partial charge in [-0.25, -0.2) is 4.98 Å². The summed E-state index contributed by atoms with van der Waals surface area (Å²) < 4.78 is 24.7. The highest BCUT2D eigenvalue weighted by molar-refractivity contribution is 6.16. The Hall–Kier alpha value is -5.44. The number of piperidine rings is 1. The highest BCUT2D eigenvalue weighted by atomic mass is 16.7. The van der Waals surface area contributed by atoms with E-state index in [2.05, 4.69) is 43.1 Å². The summed E-state index contributed by atoms with van der Waals surface area (Å²) in [6.07, 6.45) is 10.6. The van der Waals surface area contributed by atoms with Gasteiger partial charge < -0.3 is 49.1 Å². The average molecular weight is 853 g/mol. The second kappa shape index (κ2) is 17.4. The Bertz CT molecular complexity index is 2680. The number of aromatic nitrogens is 1. The van der Waals surface area contributed by atoms with Crippen LogP contribution in [0.25, 0.3) is 38.7 Å². The molecule has 4 heterocycles. The number of nitrogens with one attached hydrogen (secondary N) is 1. The Balaban J connectivity index is 1.47. The molecule has 62 heavy (non-hydrogen) atoms. The van der Waals surface area contributed by atoms with E-state index in [9.17, 15) is 29.7 Å². The lowest BCUT2D eigenvalue weighted by Gasteiger charge is -2.36. The van der Waals surface area contributed by atoms with Gasteiger partial charge in [-0.3, -0.25) is 14.4 Å². The average Bonchev–Trinajstić information content (AvgIpc) is 3.50. The van der Waals surface area contributed by atoms with Crippen molar-refractivity contribution >= 4 is 56.0 Å². The number of benzene rings is 3. The molecule has 332 valence electrons. The molecule has 1 aromatic heterocycles. The second-order valence-electron chi connectivity index (χ2n) is 18.1. The van der Waals surface area contributed by atoms with E-state index >= 15 is 0 Å². The third-order valence-corrected chi connectivity index (χ3v) is 13.2. The molecule has 3 aromatic carbocycles. The molecule has 7 rings (SSSR count). The number of fused-ring (bicyclic) bond motifs is 2. The molecular formula is C48H60N4O10. The first-order valence-electron chi connectivity index (χ1n) is 21.5. The van der Waals surface area contributed by atoms with Crippen molar-refractivity contribution in [3.05, 3.63) is 79.5 Å². The minimum atomic E-state index is -1.87. The molecule has 1 fully saturated rings. The first-order chi connectivity index (χ1) is 29.3. The van der Waals surface area contributed by atoms with E-state index in [4.69, 9.17) is 23.6 Å². The zero-order valence-corrected chi connectivity index (χ0v) is 37.4. The lowest BCUT2D eigenvalue weighted by molar-refractivity contribution is -0.112. The van der Waals surface area contributed by atoms with Crippen LogP contribution in [0.1, 0.15) is 72.8 Å². The van der Waals surface area contributed by atoms with E-state index in [1.807, 2.05) is 26.0 Å². The minimum absolute atomic E-state index is 0.000810. The van der Waals surface area contributed by atoms with Gasteiger partial charge in [0.05, 0.1) is 29.1 Å². The van der Waals surface area contributed by atoms with Gasteiger partial charge in [-0.05, 0) is 77.5 Å². The van der Waals surface area contributed by atoms with Crippen LogP contribution < -0.4 is 31.0 Å². The van der Waals surface area contributed by atoms with E-state index in [-0.39, 0.29) is 84.4 Å². The molecule has 4 N–H and O–H groups in total. The highest BCUT2D eigenvalue weighted by Crippen LogP contribution is 2.42. The van der Waals surface area contributed by atoms with E-state index < -0.39 is 46.3 Å².